The van der Waals surface area contributed by atoms with Gasteiger partial charge in [-0.05, 0) is 20.3 Å². The molecule has 0 saturated heterocycles. The second-order valence-corrected chi connectivity index (χ2v) is 2.58. The summed E-state index contributed by atoms with van der Waals surface area (Å²) in [5.41, 5.74) is 0. The minimum atomic E-state index is -0.125. The molecule has 0 aliphatic rings. The first kappa shape index (κ1) is 20.3. The van der Waals surface area contributed by atoms with Crippen LogP contribution in [0, 0.1) is 0 Å². The smallest absolute Gasteiger partial charge is 0.0662 e. The quantitative estimate of drug-likeness (QED) is 0.670. The molecule has 0 amide bonds. The molecule has 0 saturated carbocycles. The van der Waals surface area contributed by atoms with Crippen molar-refractivity contribution in [3.8, 4) is 0 Å². The predicted octanol–water partition coefficient (Wildman–Crippen LogP) is 1.45. The van der Waals surface area contributed by atoms with Crippen LogP contribution < -0.4 is 0 Å². The van der Waals surface area contributed by atoms with Crippen molar-refractivity contribution in [2.24, 2.45) is 0 Å². The maximum absolute atomic E-state index is 7.62. The summed E-state index contributed by atoms with van der Waals surface area (Å²) in [7, 11) is 1.73. The lowest BCUT2D eigenvalue weighted by atomic mass is 10.4. The van der Waals surface area contributed by atoms with E-state index in [0.717, 1.165) is 19.8 Å². The molecule has 0 heterocycles. The second-order valence-electron chi connectivity index (χ2n) is 2.58. The van der Waals surface area contributed by atoms with Gasteiger partial charge in [0.15, 0.2) is 0 Å². The van der Waals surface area contributed by atoms with Crippen LogP contribution in [0.15, 0.2) is 0 Å². The van der Waals surface area contributed by atoms with E-state index in [-0.39, 0.29) is 13.2 Å². The molecule has 0 rings (SSSR count). The van der Waals surface area contributed by atoms with Crippen LogP contribution in [0.3, 0.4) is 0 Å². The first-order valence-electron chi connectivity index (χ1n) is 5.53. The van der Waals surface area contributed by atoms with Gasteiger partial charge in [0.2, 0.25) is 0 Å². The highest BCUT2D eigenvalue weighted by Gasteiger charge is 1.74. The van der Waals surface area contributed by atoms with Crippen molar-refractivity contribution in [2.75, 3.05) is 40.1 Å². The van der Waals surface area contributed by atoms with Crippen LogP contribution in [-0.2, 0) is 9.47 Å². The molecule has 0 unspecified atom stereocenters. The average molecular weight is 224 g/mol. The Hall–Kier alpha value is -0.160. The highest BCUT2D eigenvalue weighted by molar-refractivity contribution is 4.26. The molecule has 0 aliphatic carbocycles. The van der Waals surface area contributed by atoms with E-state index in [0.29, 0.717) is 0 Å². The van der Waals surface area contributed by atoms with Gasteiger partial charge in [0, 0.05) is 26.9 Å². The van der Waals surface area contributed by atoms with Crippen LogP contribution >= 0.6 is 0 Å². The van der Waals surface area contributed by atoms with Crippen molar-refractivity contribution < 1.29 is 19.7 Å². The average Bonchev–Trinajstić information content (AvgIpc) is 2.28. The molecule has 0 aromatic heterocycles. The summed E-state index contributed by atoms with van der Waals surface area (Å²) >= 11 is 0. The molecular weight excluding hydrogens is 196 g/mol. The highest BCUT2D eigenvalue weighted by atomic mass is 16.5. The van der Waals surface area contributed by atoms with Gasteiger partial charge >= 0.3 is 0 Å². The van der Waals surface area contributed by atoms with Crippen LogP contribution in [0.1, 0.15) is 33.6 Å². The Morgan fingerprint density at radius 2 is 1.40 bits per heavy atom. The summed E-state index contributed by atoms with van der Waals surface area (Å²) in [5.74, 6) is 0. The number of aliphatic hydroxyl groups is 2. The normalized spacial score (nSPS) is 8.40. The minimum absolute atomic E-state index is 0.125. The fraction of sp³-hybridized carbons (Fsp3) is 1.00. The minimum Gasteiger partial charge on any atom is -0.394 e. The summed E-state index contributed by atoms with van der Waals surface area (Å²) in [6, 6.07) is 0. The molecule has 15 heavy (non-hydrogen) atoms. The Morgan fingerprint density at radius 3 is 1.47 bits per heavy atom. The number of rotatable bonds is 6. The third-order valence-electron chi connectivity index (χ3n) is 1.21. The fourth-order valence-corrected chi connectivity index (χ4v) is 0.493. The van der Waals surface area contributed by atoms with Gasteiger partial charge in [-0.15, -0.1) is 0 Å². The second kappa shape index (κ2) is 29.2. The number of hydrogen-bond donors (Lipinski definition) is 2. The fourth-order valence-electron chi connectivity index (χ4n) is 0.493. The van der Waals surface area contributed by atoms with Gasteiger partial charge in [0.1, 0.15) is 0 Å². The zero-order chi connectivity index (χ0) is 12.4. The first-order valence-corrected chi connectivity index (χ1v) is 5.53. The summed E-state index contributed by atoms with van der Waals surface area (Å²) in [4.78, 5) is 0. The van der Waals surface area contributed by atoms with Crippen molar-refractivity contribution >= 4 is 0 Å². The molecule has 0 aliphatic heterocycles. The molecule has 0 aromatic rings. The Labute approximate surface area is 94.2 Å². The van der Waals surface area contributed by atoms with Crippen LogP contribution in [0.4, 0.5) is 0 Å². The predicted molar refractivity (Wildman–Crippen MR) is 63.1 cm³/mol. The van der Waals surface area contributed by atoms with E-state index in [4.69, 9.17) is 19.7 Å². The van der Waals surface area contributed by atoms with Crippen molar-refractivity contribution in [3.05, 3.63) is 0 Å². The van der Waals surface area contributed by atoms with Crippen LogP contribution in [0.2, 0.25) is 0 Å². The molecule has 4 heteroatoms. The van der Waals surface area contributed by atoms with Gasteiger partial charge in [0.05, 0.1) is 13.2 Å². The van der Waals surface area contributed by atoms with Gasteiger partial charge in [-0.2, -0.15) is 0 Å². The lowest BCUT2D eigenvalue weighted by Crippen LogP contribution is -1.85. The largest absolute Gasteiger partial charge is 0.394 e. The van der Waals surface area contributed by atoms with E-state index in [9.17, 15) is 0 Å². The standard InChI is InChI=1S/C5H12O.C4H10O.C2H6O2/c1-3-4-5-6-2;1-3-5-4-2;3-1-2-4/h3-5H2,1-2H3;3-4H2,1-2H3;3-4H,1-2H2. The first-order chi connectivity index (χ1) is 7.24. The molecule has 0 fully saturated rings. The number of methoxy groups -OCH3 is 1. The van der Waals surface area contributed by atoms with E-state index in [1.54, 1.807) is 7.11 Å². The van der Waals surface area contributed by atoms with Crippen molar-refractivity contribution in [1.82, 2.24) is 0 Å². The lowest BCUT2D eigenvalue weighted by Gasteiger charge is -1.89. The van der Waals surface area contributed by atoms with E-state index < -0.39 is 0 Å². The van der Waals surface area contributed by atoms with E-state index >= 15 is 0 Å². The maximum atomic E-state index is 7.62. The van der Waals surface area contributed by atoms with Crippen LogP contribution in [0.5, 0.6) is 0 Å². The molecule has 0 bridgehead atoms. The molecule has 2 N–H and O–H groups in total. The van der Waals surface area contributed by atoms with Crippen molar-refractivity contribution in [1.29, 1.82) is 0 Å². The SMILES string of the molecule is CCCCOC.CCOCC.OCCO. The third-order valence-corrected chi connectivity index (χ3v) is 1.21. The monoisotopic (exact) mass is 224 g/mol. The molecular formula is C11H28O4. The highest BCUT2D eigenvalue weighted by Crippen LogP contribution is 1.83. The van der Waals surface area contributed by atoms with Gasteiger partial charge < -0.3 is 19.7 Å². The third kappa shape index (κ3) is 56.9. The topological polar surface area (TPSA) is 58.9 Å². The van der Waals surface area contributed by atoms with Crippen molar-refractivity contribution in [3.63, 3.8) is 0 Å². The zero-order valence-corrected chi connectivity index (χ0v) is 10.7. The van der Waals surface area contributed by atoms with Gasteiger partial charge in [-0.1, -0.05) is 13.3 Å². The van der Waals surface area contributed by atoms with Crippen LogP contribution in [0.25, 0.3) is 0 Å². The molecule has 0 atom stereocenters. The summed E-state index contributed by atoms with van der Waals surface area (Å²) in [5, 5.41) is 15.2. The molecule has 0 aromatic carbocycles. The Balaban J connectivity index is -0.000000147. The molecule has 0 radical (unpaired) electrons. The molecule has 0 spiro atoms. The summed E-state index contributed by atoms with van der Waals surface area (Å²) in [6.45, 7) is 8.48. The van der Waals surface area contributed by atoms with Gasteiger partial charge in [-0.25, -0.2) is 0 Å². The number of ether oxygens (including phenoxy) is 2. The Kier molecular flexibility index (Phi) is 39.5. The van der Waals surface area contributed by atoms with E-state index in [1.165, 1.54) is 12.8 Å². The maximum Gasteiger partial charge on any atom is 0.0662 e. The summed E-state index contributed by atoms with van der Waals surface area (Å²) < 4.78 is 9.62. The van der Waals surface area contributed by atoms with Gasteiger partial charge in [0.25, 0.3) is 0 Å². The Bertz CT molecular complexity index is 61.6. The van der Waals surface area contributed by atoms with Crippen LogP contribution in [-0.4, -0.2) is 50.4 Å². The van der Waals surface area contributed by atoms with E-state index in [1.807, 2.05) is 13.8 Å². The number of unbranched alkanes of at least 4 members (excludes halogenated alkanes) is 1. The number of aliphatic hydroxyl groups excluding tert-OH is 2. The van der Waals surface area contributed by atoms with Gasteiger partial charge in [-0.3, -0.25) is 0 Å². The Morgan fingerprint density at radius 1 is 0.933 bits per heavy atom. The van der Waals surface area contributed by atoms with E-state index in [2.05, 4.69) is 6.92 Å². The number of hydrogen-bond acceptors (Lipinski definition) is 4. The molecule has 4 nitrogen and oxygen atoms in total. The zero-order valence-electron chi connectivity index (χ0n) is 10.7. The van der Waals surface area contributed by atoms with Crippen molar-refractivity contribution in [2.45, 2.75) is 33.6 Å². The summed E-state index contributed by atoms with van der Waals surface area (Å²) in [6.07, 6.45) is 2.42. The molecule has 96 valence electrons. The lowest BCUT2D eigenvalue weighted by molar-refractivity contribution is 0.162.